The number of alkyl halides is 1. The maximum Gasteiger partial charge on any atom is 0.180 e. The van der Waals surface area contributed by atoms with Crippen molar-refractivity contribution in [3.63, 3.8) is 0 Å². The monoisotopic (exact) mass is 229 g/mol. The lowest BCUT2D eigenvalue weighted by Gasteiger charge is -2.08. The van der Waals surface area contributed by atoms with E-state index in [4.69, 9.17) is 0 Å². The molecule has 0 aromatic heterocycles. The summed E-state index contributed by atoms with van der Waals surface area (Å²) in [4.78, 5) is 15.6. The Labute approximate surface area is 80.9 Å². The number of hydrogen-bond donors (Lipinski definition) is 0. The Bertz CT molecular complexity index is 233. The van der Waals surface area contributed by atoms with Crippen LogP contribution >= 0.6 is 15.9 Å². The van der Waals surface area contributed by atoms with Crippen LogP contribution in [0.3, 0.4) is 0 Å². The zero-order valence-corrected chi connectivity index (χ0v) is 8.67. The van der Waals surface area contributed by atoms with Gasteiger partial charge in [-0.1, -0.05) is 28.9 Å². The molecule has 12 heavy (non-hydrogen) atoms. The summed E-state index contributed by atoms with van der Waals surface area (Å²) in [5.41, 5.74) is 0.616. The molecule has 2 nitrogen and oxygen atoms in total. The molecule has 1 rings (SSSR count). The first-order valence-corrected chi connectivity index (χ1v) is 5.07. The standard InChI is InChI=1S/C9H12BrNO/c1-2-4-8(12)7-5-3-6-9(10)11-7/h3,5,9H,2,4,6H2,1H3. The molecular formula is C9H12BrNO. The molecule has 0 fully saturated rings. The lowest BCUT2D eigenvalue weighted by molar-refractivity contribution is -0.112. The topological polar surface area (TPSA) is 29.4 Å². The summed E-state index contributed by atoms with van der Waals surface area (Å²) in [5.74, 6) is 0.151. The van der Waals surface area contributed by atoms with Crippen LogP contribution in [0.2, 0.25) is 0 Å². The van der Waals surface area contributed by atoms with Crippen LogP contribution in [0.5, 0.6) is 0 Å². The fraction of sp³-hybridized carbons (Fsp3) is 0.556. The summed E-state index contributed by atoms with van der Waals surface area (Å²) in [6.07, 6.45) is 6.16. The van der Waals surface area contributed by atoms with E-state index >= 15 is 0 Å². The Morgan fingerprint density at radius 3 is 3.17 bits per heavy atom. The van der Waals surface area contributed by atoms with Crippen LogP contribution in [0.15, 0.2) is 17.1 Å². The second-order valence-electron chi connectivity index (χ2n) is 2.76. The van der Waals surface area contributed by atoms with E-state index in [9.17, 15) is 4.79 Å². The maximum absolute atomic E-state index is 11.3. The van der Waals surface area contributed by atoms with Crippen molar-refractivity contribution in [3.8, 4) is 0 Å². The number of rotatable bonds is 3. The van der Waals surface area contributed by atoms with Crippen molar-refractivity contribution in [3.05, 3.63) is 12.2 Å². The van der Waals surface area contributed by atoms with E-state index in [0.29, 0.717) is 12.1 Å². The number of nitrogens with zero attached hydrogens (tertiary/aromatic N) is 1. The van der Waals surface area contributed by atoms with Crippen molar-refractivity contribution in [2.75, 3.05) is 0 Å². The van der Waals surface area contributed by atoms with Crippen molar-refractivity contribution in [1.29, 1.82) is 0 Å². The average Bonchev–Trinajstić information content (AvgIpc) is 2.05. The van der Waals surface area contributed by atoms with Gasteiger partial charge in [-0.2, -0.15) is 0 Å². The van der Waals surface area contributed by atoms with Gasteiger partial charge in [-0.25, -0.2) is 0 Å². The molecule has 0 bridgehead atoms. The van der Waals surface area contributed by atoms with Gasteiger partial charge in [-0.05, 0) is 18.9 Å². The number of halogens is 1. The van der Waals surface area contributed by atoms with Crippen LogP contribution in [-0.4, -0.2) is 16.4 Å². The van der Waals surface area contributed by atoms with E-state index in [-0.39, 0.29) is 10.7 Å². The molecule has 0 spiro atoms. The summed E-state index contributed by atoms with van der Waals surface area (Å²) in [6, 6.07) is 0. The third-order valence-corrected chi connectivity index (χ3v) is 2.23. The first-order chi connectivity index (χ1) is 5.74. The smallest absolute Gasteiger partial charge is 0.180 e. The molecule has 1 aliphatic rings. The van der Waals surface area contributed by atoms with E-state index in [1.807, 2.05) is 19.1 Å². The predicted molar refractivity (Wildman–Crippen MR) is 53.8 cm³/mol. The van der Waals surface area contributed by atoms with E-state index < -0.39 is 0 Å². The molecule has 1 aliphatic heterocycles. The molecule has 0 saturated heterocycles. The normalized spacial score (nSPS) is 22.2. The first kappa shape index (κ1) is 9.65. The fourth-order valence-electron chi connectivity index (χ4n) is 1.06. The van der Waals surface area contributed by atoms with Gasteiger partial charge in [-0.3, -0.25) is 9.79 Å². The highest BCUT2D eigenvalue weighted by Gasteiger charge is 2.12. The van der Waals surface area contributed by atoms with E-state index in [2.05, 4.69) is 20.9 Å². The molecule has 3 heteroatoms. The van der Waals surface area contributed by atoms with Crippen LogP contribution < -0.4 is 0 Å². The van der Waals surface area contributed by atoms with E-state index in [1.165, 1.54) is 0 Å². The Morgan fingerprint density at radius 1 is 1.83 bits per heavy atom. The zero-order chi connectivity index (χ0) is 8.97. The predicted octanol–water partition coefficient (Wildman–Crippen LogP) is 2.48. The molecule has 1 heterocycles. The number of dihydropyridines is 1. The fourth-order valence-corrected chi connectivity index (χ4v) is 1.50. The molecular weight excluding hydrogens is 218 g/mol. The van der Waals surface area contributed by atoms with E-state index in [0.717, 1.165) is 12.8 Å². The van der Waals surface area contributed by atoms with Crippen LogP contribution in [0.1, 0.15) is 26.2 Å². The van der Waals surface area contributed by atoms with Crippen LogP contribution in [0.25, 0.3) is 0 Å². The number of allylic oxidation sites excluding steroid dienone is 1. The lowest BCUT2D eigenvalue weighted by atomic mass is 10.1. The van der Waals surface area contributed by atoms with Gasteiger partial charge in [0.15, 0.2) is 5.78 Å². The Kier molecular flexibility index (Phi) is 3.66. The first-order valence-electron chi connectivity index (χ1n) is 4.15. The van der Waals surface area contributed by atoms with Crippen molar-refractivity contribution in [2.24, 2.45) is 4.99 Å². The molecule has 0 saturated carbocycles. The van der Waals surface area contributed by atoms with Crippen molar-refractivity contribution in [1.82, 2.24) is 0 Å². The molecule has 0 amide bonds. The number of ketones is 1. The van der Waals surface area contributed by atoms with E-state index in [1.54, 1.807) is 0 Å². The minimum Gasteiger partial charge on any atom is -0.292 e. The van der Waals surface area contributed by atoms with Gasteiger partial charge < -0.3 is 0 Å². The minimum absolute atomic E-state index is 0.0957. The average molecular weight is 230 g/mol. The van der Waals surface area contributed by atoms with Gasteiger partial charge >= 0.3 is 0 Å². The van der Waals surface area contributed by atoms with Gasteiger partial charge in [0, 0.05) is 6.42 Å². The van der Waals surface area contributed by atoms with Gasteiger partial charge in [0.1, 0.15) is 10.7 Å². The van der Waals surface area contributed by atoms with Crippen molar-refractivity contribution < 1.29 is 4.79 Å². The summed E-state index contributed by atoms with van der Waals surface area (Å²) in [5, 5.41) is 0. The highest BCUT2D eigenvalue weighted by atomic mass is 79.9. The van der Waals surface area contributed by atoms with Crippen molar-refractivity contribution in [2.45, 2.75) is 31.1 Å². The Hall–Kier alpha value is -0.440. The summed E-state index contributed by atoms with van der Waals surface area (Å²) >= 11 is 3.36. The molecule has 1 atom stereocenters. The maximum atomic E-state index is 11.3. The second kappa shape index (κ2) is 4.55. The van der Waals surface area contributed by atoms with Crippen LogP contribution in [0.4, 0.5) is 0 Å². The zero-order valence-electron chi connectivity index (χ0n) is 7.09. The van der Waals surface area contributed by atoms with Gasteiger partial charge in [-0.15, -0.1) is 0 Å². The van der Waals surface area contributed by atoms with Crippen LogP contribution in [0, 0.1) is 0 Å². The molecule has 0 aromatic rings. The summed E-state index contributed by atoms with van der Waals surface area (Å²) in [6.45, 7) is 2.00. The minimum atomic E-state index is 0.0957. The number of carbonyl (C=O) groups is 1. The van der Waals surface area contributed by atoms with Gasteiger partial charge in [0.2, 0.25) is 0 Å². The Balaban J connectivity index is 2.61. The molecule has 0 aliphatic carbocycles. The Morgan fingerprint density at radius 2 is 2.58 bits per heavy atom. The highest BCUT2D eigenvalue weighted by Crippen LogP contribution is 2.13. The molecule has 66 valence electrons. The quantitative estimate of drug-likeness (QED) is 0.541. The highest BCUT2D eigenvalue weighted by molar-refractivity contribution is 9.09. The third kappa shape index (κ3) is 2.55. The third-order valence-electron chi connectivity index (χ3n) is 1.65. The number of hydrogen-bond acceptors (Lipinski definition) is 2. The molecule has 0 aromatic carbocycles. The largest absolute Gasteiger partial charge is 0.292 e. The summed E-state index contributed by atoms with van der Waals surface area (Å²) < 4.78 is 0. The number of Topliss-reactive ketones (excluding diaryl/α,β-unsaturated/α-hetero) is 1. The van der Waals surface area contributed by atoms with Gasteiger partial charge in [0.05, 0.1) is 0 Å². The SMILES string of the molecule is CCCC(=O)C1=NC(Br)CC=C1. The lowest BCUT2D eigenvalue weighted by Crippen LogP contribution is -2.15. The molecule has 0 N–H and O–H groups in total. The molecule has 0 radical (unpaired) electrons. The second-order valence-corrected chi connectivity index (χ2v) is 3.82. The van der Waals surface area contributed by atoms with Gasteiger partial charge in [0.25, 0.3) is 0 Å². The molecule has 1 unspecified atom stereocenters. The van der Waals surface area contributed by atoms with Crippen molar-refractivity contribution >= 4 is 27.4 Å². The number of carbonyl (C=O) groups excluding carboxylic acids is 1. The number of aliphatic imine (C=N–C) groups is 1. The van der Waals surface area contributed by atoms with Crippen LogP contribution in [-0.2, 0) is 4.79 Å². The summed E-state index contributed by atoms with van der Waals surface area (Å²) in [7, 11) is 0.